The summed E-state index contributed by atoms with van der Waals surface area (Å²) < 4.78 is 5.65. The number of carbonyl (C=O) groups is 1. The van der Waals surface area contributed by atoms with E-state index in [4.69, 9.17) is 4.74 Å². The van der Waals surface area contributed by atoms with Crippen LogP contribution in [0.2, 0.25) is 0 Å². The van der Waals surface area contributed by atoms with E-state index in [0.29, 0.717) is 6.54 Å². The molecule has 1 saturated heterocycles. The van der Waals surface area contributed by atoms with Crippen molar-refractivity contribution in [2.75, 3.05) is 46.4 Å². The van der Waals surface area contributed by atoms with Crippen molar-refractivity contribution >= 4 is 17.2 Å². The Morgan fingerprint density at radius 2 is 2.00 bits per heavy atom. The normalized spacial score (nSPS) is 17.0. The van der Waals surface area contributed by atoms with E-state index in [1.807, 2.05) is 31.2 Å². The maximum atomic E-state index is 12.3. The van der Waals surface area contributed by atoms with Gasteiger partial charge in [0.05, 0.1) is 6.04 Å². The van der Waals surface area contributed by atoms with Gasteiger partial charge in [0.2, 0.25) is 0 Å². The molecule has 0 bridgehead atoms. The molecule has 1 fully saturated rings. The first-order chi connectivity index (χ1) is 12.6. The van der Waals surface area contributed by atoms with Crippen molar-refractivity contribution in [1.82, 2.24) is 15.1 Å². The van der Waals surface area contributed by atoms with Gasteiger partial charge < -0.3 is 15.0 Å². The summed E-state index contributed by atoms with van der Waals surface area (Å²) in [5.74, 6) is 0.679. The average molecular weight is 374 g/mol. The second-order valence-corrected chi connectivity index (χ2v) is 7.55. The van der Waals surface area contributed by atoms with Crippen molar-refractivity contribution in [2.24, 2.45) is 0 Å². The maximum absolute atomic E-state index is 12.3. The number of thiophene rings is 1. The van der Waals surface area contributed by atoms with Crippen molar-refractivity contribution in [3.63, 3.8) is 0 Å². The van der Waals surface area contributed by atoms with Crippen molar-refractivity contribution in [3.8, 4) is 5.75 Å². The molecular weight excluding hydrogens is 346 g/mol. The summed E-state index contributed by atoms with van der Waals surface area (Å²) in [5.41, 5.74) is 2.31. The first-order valence-electron chi connectivity index (χ1n) is 9.03. The highest BCUT2D eigenvalue weighted by Crippen LogP contribution is 2.23. The van der Waals surface area contributed by atoms with Crippen molar-refractivity contribution in [3.05, 3.63) is 52.2 Å². The van der Waals surface area contributed by atoms with Crippen molar-refractivity contribution < 1.29 is 9.53 Å². The number of nitrogens with zero attached hydrogens (tertiary/aromatic N) is 2. The Kier molecular flexibility index (Phi) is 6.66. The number of likely N-dealkylation sites (N-methyl/N-ethyl adjacent to an activating group) is 1. The minimum absolute atomic E-state index is 0.0456. The van der Waals surface area contributed by atoms with Gasteiger partial charge in [-0.25, -0.2) is 0 Å². The monoisotopic (exact) mass is 373 g/mol. The van der Waals surface area contributed by atoms with Crippen LogP contribution >= 0.6 is 11.3 Å². The Labute approximate surface area is 159 Å². The lowest BCUT2D eigenvalue weighted by atomic mass is 10.1. The number of rotatable bonds is 7. The van der Waals surface area contributed by atoms with Crippen molar-refractivity contribution in [2.45, 2.75) is 13.0 Å². The molecule has 0 aliphatic carbocycles. The summed E-state index contributed by atoms with van der Waals surface area (Å²) in [4.78, 5) is 17.1. The Morgan fingerprint density at radius 3 is 2.69 bits per heavy atom. The summed E-state index contributed by atoms with van der Waals surface area (Å²) in [7, 11) is 2.15. The van der Waals surface area contributed by atoms with Gasteiger partial charge in [0.1, 0.15) is 5.75 Å². The van der Waals surface area contributed by atoms with Gasteiger partial charge in [0.25, 0.3) is 5.91 Å². The molecule has 1 unspecified atom stereocenters. The number of benzene rings is 1. The SMILES string of the molecule is Cc1ccccc1OCC(=O)NCC(c1ccsc1)N1CCN(C)CC1. The largest absolute Gasteiger partial charge is 0.484 e. The van der Waals surface area contributed by atoms with Gasteiger partial charge in [0, 0.05) is 32.7 Å². The van der Waals surface area contributed by atoms with Crippen LogP contribution in [0.3, 0.4) is 0 Å². The molecule has 0 radical (unpaired) electrons. The van der Waals surface area contributed by atoms with Crippen LogP contribution in [0.15, 0.2) is 41.1 Å². The van der Waals surface area contributed by atoms with Gasteiger partial charge in [-0.3, -0.25) is 9.69 Å². The van der Waals surface area contributed by atoms with Crippen LogP contribution < -0.4 is 10.1 Å². The first kappa shape index (κ1) is 18.9. The minimum atomic E-state index is -0.0809. The van der Waals surface area contributed by atoms with Gasteiger partial charge in [-0.1, -0.05) is 18.2 Å². The molecule has 1 aromatic carbocycles. The zero-order chi connectivity index (χ0) is 18.4. The molecule has 1 aromatic heterocycles. The average Bonchev–Trinajstić information content (AvgIpc) is 3.17. The number of amides is 1. The molecule has 26 heavy (non-hydrogen) atoms. The smallest absolute Gasteiger partial charge is 0.258 e. The van der Waals surface area contributed by atoms with E-state index in [1.54, 1.807) is 11.3 Å². The molecule has 2 heterocycles. The summed E-state index contributed by atoms with van der Waals surface area (Å²) in [6.07, 6.45) is 0. The Bertz CT molecular complexity index is 697. The molecule has 0 spiro atoms. The zero-order valence-electron chi connectivity index (χ0n) is 15.5. The predicted octanol–water partition coefficient (Wildman–Crippen LogP) is 2.54. The fourth-order valence-electron chi connectivity index (χ4n) is 3.18. The maximum Gasteiger partial charge on any atom is 0.258 e. The second kappa shape index (κ2) is 9.16. The van der Waals surface area contributed by atoms with E-state index in [0.717, 1.165) is 37.5 Å². The fraction of sp³-hybridized carbons (Fsp3) is 0.450. The van der Waals surface area contributed by atoms with Crippen LogP contribution in [-0.2, 0) is 4.79 Å². The molecule has 1 aliphatic rings. The Morgan fingerprint density at radius 1 is 1.23 bits per heavy atom. The molecule has 1 atom stereocenters. The van der Waals surface area contributed by atoms with E-state index >= 15 is 0 Å². The van der Waals surface area contributed by atoms with Gasteiger partial charge in [-0.15, -0.1) is 0 Å². The zero-order valence-corrected chi connectivity index (χ0v) is 16.3. The van der Waals surface area contributed by atoms with E-state index in [9.17, 15) is 4.79 Å². The molecule has 2 aromatic rings. The van der Waals surface area contributed by atoms with Crippen LogP contribution in [0.5, 0.6) is 5.75 Å². The lowest BCUT2D eigenvalue weighted by Crippen LogP contribution is -2.48. The van der Waals surface area contributed by atoms with E-state index in [-0.39, 0.29) is 18.6 Å². The molecule has 0 saturated carbocycles. The van der Waals surface area contributed by atoms with Crippen molar-refractivity contribution in [1.29, 1.82) is 0 Å². The summed E-state index contributed by atoms with van der Waals surface area (Å²) in [6, 6.07) is 10.1. The lowest BCUT2D eigenvalue weighted by Gasteiger charge is -2.38. The van der Waals surface area contributed by atoms with Gasteiger partial charge in [-0.05, 0) is 48.0 Å². The fourth-order valence-corrected chi connectivity index (χ4v) is 3.89. The Balaban J connectivity index is 1.54. The number of nitrogens with one attached hydrogen (secondary N) is 1. The highest BCUT2D eigenvalue weighted by molar-refractivity contribution is 7.07. The first-order valence-corrected chi connectivity index (χ1v) is 9.97. The van der Waals surface area contributed by atoms with Crippen LogP contribution in [0.1, 0.15) is 17.2 Å². The number of hydrogen-bond donors (Lipinski definition) is 1. The van der Waals surface area contributed by atoms with Crippen LogP contribution in [0.25, 0.3) is 0 Å². The summed E-state index contributed by atoms with van der Waals surface area (Å²) in [6.45, 7) is 6.79. The standard InChI is InChI=1S/C20H27N3O2S/c1-16-5-3-4-6-19(16)25-14-20(24)21-13-18(17-7-12-26-15-17)23-10-8-22(2)9-11-23/h3-7,12,15,18H,8-11,13-14H2,1-2H3,(H,21,24). The van der Waals surface area contributed by atoms with E-state index in [2.05, 4.69) is 39.0 Å². The number of para-hydroxylation sites is 1. The van der Waals surface area contributed by atoms with Gasteiger partial charge in [-0.2, -0.15) is 11.3 Å². The molecular formula is C20H27N3O2S. The number of piperazine rings is 1. The second-order valence-electron chi connectivity index (χ2n) is 6.77. The Hall–Kier alpha value is -1.89. The van der Waals surface area contributed by atoms with Gasteiger partial charge >= 0.3 is 0 Å². The highest BCUT2D eigenvalue weighted by Gasteiger charge is 2.24. The highest BCUT2D eigenvalue weighted by atomic mass is 32.1. The lowest BCUT2D eigenvalue weighted by molar-refractivity contribution is -0.123. The van der Waals surface area contributed by atoms with Crippen LogP contribution in [0, 0.1) is 6.92 Å². The van der Waals surface area contributed by atoms with E-state index in [1.165, 1.54) is 5.56 Å². The third-order valence-electron chi connectivity index (χ3n) is 4.85. The van der Waals surface area contributed by atoms with Crippen LogP contribution in [0.4, 0.5) is 0 Å². The predicted molar refractivity (Wildman–Crippen MR) is 106 cm³/mol. The summed E-state index contributed by atoms with van der Waals surface area (Å²) >= 11 is 1.70. The third kappa shape index (κ3) is 5.06. The summed E-state index contributed by atoms with van der Waals surface area (Å²) in [5, 5.41) is 7.33. The number of aryl methyl sites for hydroxylation is 1. The van der Waals surface area contributed by atoms with Gasteiger partial charge in [0.15, 0.2) is 6.61 Å². The van der Waals surface area contributed by atoms with E-state index < -0.39 is 0 Å². The molecule has 1 amide bonds. The third-order valence-corrected chi connectivity index (χ3v) is 5.55. The molecule has 6 heteroatoms. The quantitative estimate of drug-likeness (QED) is 0.810. The number of hydrogen-bond acceptors (Lipinski definition) is 5. The van der Waals surface area contributed by atoms with Crippen LogP contribution in [-0.4, -0.2) is 62.1 Å². The molecule has 1 N–H and O–H groups in total. The molecule has 140 valence electrons. The number of carbonyl (C=O) groups excluding carboxylic acids is 1. The molecule has 1 aliphatic heterocycles. The minimum Gasteiger partial charge on any atom is -0.484 e. The molecule has 5 nitrogen and oxygen atoms in total. The number of ether oxygens (including phenoxy) is 1. The topological polar surface area (TPSA) is 44.8 Å². The molecule has 3 rings (SSSR count).